The van der Waals surface area contributed by atoms with Gasteiger partial charge in [-0.15, -0.1) is 0 Å². The van der Waals surface area contributed by atoms with Crippen molar-refractivity contribution in [2.24, 2.45) is 0 Å². The molecule has 0 amide bonds. The number of ether oxygens (including phenoxy) is 1. The highest BCUT2D eigenvalue weighted by molar-refractivity contribution is 14.1. The third-order valence-corrected chi connectivity index (χ3v) is 3.33. The van der Waals surface area contributed by atoms with Gasteiger partial charge in [-0.1, -0.05) is 5.16 Å². The number of aryl methyl sites for hydroxylation is 2. The predicted octanol–water partition coefficient (Wildman–Crippen LogP) is 3.25. The topological polar surface area (TPSA) is 52.3 Å². The maximum Gasteiger partial charge on any atom is 0.338 e. The zero-order valence-corrected chi connectivity index (χ0v) is 12.2. The SMILES string of the molecule is Cc1noc(C)c1COC(=O)c1ccc(I)cc1. The fourth-order valence-electron chi connectivity index (χ4n) is 1.51. The van der Waals surface area contributed by atoms with E-state index >= 15 is 0 Å². The minimum atomic E-state index is -0.341. The molecule has 0 N–H and O–H groups in total. The molecule has 0 radical (unpaired) electrons. The quantitative estimate of drug-likeness (QED) is 0.625. The van der Waals surface area contributed by atoms with Crippen molar-refractivity contribution in [2.75, 3.05) is 0 Å². The summed E-state index contributed by atoms with van der Waals surface area (Å²) in [5.74, 6) is 0.342. The fraction of sp³-hybridized carbons (Fsp3) is 0.231. The number of halogens is 1. The zero-order chi connectivity index (χ0) is 13.1. The molecule has 0 spiro atoms. The first kappa shape index (κ1) is 13.1. The van der Waals surface area contributed by atoms with E-state index in [1.54, 1.807) is 19.1 Å². The molecule has 0 saturated carbocycles. The summed E-state index contributed by atoms with van der Waals surface area (Å²) < 4.78 is 11.3. The van der Waals surface area contributed by atoms with Crippen molar-refractivity contribution < 1.29 is 14.1 Å². The summed E-state index contributed by atoms with van der Waals surface area (Å²) in [4.78, 5) is 11.8. The number of hydrogen-bond acceptors (Lipinski definition) is 4. The normalized spacial score (nSPS) is 10.4. The predicted molar refractivity (Wildman–Crippen MR) is 74.3 cm³/mol. The molecule has 18 heavy (non-hydrogen) atoms. The maximum atomic E-state index is 11.8. The monoisotopic (exact) mass is 357 g/mol. The second kappa shape index (κ2) is 5.51. The molecule has 0 bridgehead atoms. The van der Waals surface area contributed by atoms with Gasteiger partial charge >= 0.3 is 5.97 Å². The Bertz CT molecular complexity index is 541. The summed E-state index contributed by atoms with van der Waals surface area (Å²) >= 11 is 2.19. The Labute approximate surface area is 118 Å². The highest BCUT2D eigenvalue weighted by Crippen LogP contribution is 2.15. The molecule has 4 nitrogen and oxygen atoms in total. The second-order valence-electron chi connectivity index (χ2n) is 3.89. The van der Waals surface area contributed by atoms with Gasteiger partial charge in [0.1, 0.15) is 12.4 Å². The van der Waals surface area contributed by atoms with Crippen LogP contribution in [0, 0.1) is 17.4 Å². The number of esters is 1. The van der Waals surface area contributed by atoms with Gasteiger partial charge in [-0.05, 0) is 60.7 Å². The molecule has 0 atom stereocenters. The molecular weight excluding hydrogens is 345 g/mol. The van der Waals surface area contributed by atoms with E-state index in [4.69, 9.17) is 9.26 Å². The van der Waals surface area contributed by atoms with Gasteiger partial charge in [-0.2, -0.15) is 0 Å². The lowest BCUT2D eigenvalue weighted by atomic mass is 10.2. The number of nitrogens with zero attached hydrogens (tertiary/aromatic N) is 1. The van der Waals surface area contributed by atoms with E-state index in [2.05, 4.69) is 27.7 Å². The minimum absolute atomic E-state index is 0.186. The highest BCUT2D eigenvalue weighted by atomic mass is 127. The molecule has 0 saturated heterocycles. The number of rotatable bonds is 3. The Morgan fingerprint density at radius 3 is 2.56 bits per heavy atom. The lowest BCUT2D eigenvalue weighted by molar-refractivity contribution is 0.0471. The van der Waals surface area contributed by atoms with E-state index < -0.39 is 0 Å². The third-order valence-electron chi connectivity index (χ3n) is 2.61. The standard InChI is InChI=1S/C13H12INO3/c1-8-12(9(2)18-15-8)7-17-13(16)10-3-5-11(14)6-4-10/h3-6H,7H2,1-2H3. The van der Waals surface area contributed by atoms with Gasteiger partial charge in [-0.25, -0.2) is 4.79 Å². The van der Waals surface area contributed by atoms with Crippen molar-refractivity contribution in [2.45, 2.75) is 20.5 Å². The number of carbonyl (C=O) groups is 1. The van der Waals surface area contributed by atoms with Crippen molar-refractivity contribution in [3.8, 4) is 0 Å². The molecule has 0 fully saturated rings. The van der Waals surface area contributed by atoms with Crippen LogP contribution in [-0.2, 0) is 11.3 Å². The summed E-state index contributed by atoms with van der Waals surface area (Å²) in [7, 11) is 0. The van der Waals surface area contributed by atoms with Gasteiger partial charge in [0.15, 0.2) is 0 Å². The summed E-state index contributed by atoms with van der Waals surface area (Å²) in [6.45, 7) is 3.81. The molecule has 0 unspecified atom stereocenters. The molecule has 0 aliphatic carbocycles. The van der Waals surface area contributed by atoms with Crippen LogP contribution in [0.15, 0.2) is 28.8 Å². The lowest BCUT2D eigenvalue weighted by Gasteiger charge is -2.04. The van der Waals surface area contributed by atoms with Gasteiger partial charge in [0.05, 0.1) is 16.8 Å². The largest absolute Gasteiger partial charge is 0.457 e. The van der Waals surface area contributed by atoms with Crippen LogP contribution < -0.4 is 0 Å². The van der Waals surface area contributed by atoms with Gasteiger partial charge in [0.25, 0.3) is 0 Å². The summed E-state index contributed by atoms with van der Waals surface area (Å²) in [5.41, 5.74) is 2.12. The Morgan fingerprint density at radius 1 is 1.33 bits per heavy atom. The molecule has 0 aliphatic heterocycles. The van der Waals surface area contributed by atoms with Gasteiger partial charge in [0.2, 0.25) is 0 Å². The van der Waals surface area contributed by atoms with Crippen LogP contribution in [0.1, 0.15) is 27.4 Å². The lowest BCUT2D eigenvalue weighted by Crippen LogP contribution is -2.06. The van der Waals surface area contributed by atoms with Crippen molar-refractivity contribution in [1.82, 2.24) is 5.16 Å². The molecule has 2 rings (SSSR count). The molecule has 2 aromatic rings. The van der Waals surface area contributed by atoms with E-state index in [-0.39, 0.29) is 12.6 Å². The van der Waals surface area contributed by atoms with Crippen LogP contribution in [0.3, 0.4) is 0 Å². The zero-order valence-electron chi connectivity index (χ0n) is 10.1. The molecule has 1 aromatic carbocycles. The number of carbonyl (C=O) groups excluding carboxylic acids is 1. The summed E-state index contributed by atoms with van der Waals surface area (Å²) in [6, 6.07) is 7.23. The first-order valence-corrected chi connectivity index (χ1v) is 6.50. The van der Waals surface area contributed by atoms with Crippen LogP contribution in [-0.4, -0.2) is 11.1 Å². The van der Waals surface area contributed by atoms with E-state index in [9.17, 15) is 4.79 Å². The smallest absolute Gasteiger partial charge is 0.338 e. The van der Waals surface area contributed by atoms with Crippen LogP contribution in [0.25, 0.3) is 0 Å². The van der Waals surface area contributed by atoms with E-state index in [0.29, 0.717) is 11.3 Å². The molecule has 0 aliphatic rings. The second-order valence-corrected chi connectivity index (χ2v) is 5.13. The number of aromatic nitrogens is 1. The van der Waals surface area contributed by atoms with Crippen molar-refractivity contribution in [1.29, 1.82) is 0 Å². The van der Waals surface area contributed by atoms with Crippen LogP contribution in [0.5, 0.6) is 0 Å². The molecule has 5 heteroatoms. The van der Waals surface area contributed by atoms with Crippen molar-refractivity contribution in [3.63, 3.8) is 0 Å². The molecule has 1 heterocycles. The molecule has 1 aromatic heterocycles. The Kier molecular flexibility index (Phi) is 4.00. The molecular formula is C13H12INO3. The number of benzene rings is 1. The Morgan fingerprint density at radius 2 is 2.00 bits per heavy atom. The van der Waals surface area contributed by atoms with Crippen LogP contribution in [0.4, 0.5) is 0 Å². The number of hydrogen-bond donors (Lipinski definition) is 0. The van der Waals surface area contributed by atoms with Gasteiger partial charge in [-0.3, -0.25) is 0 Å². The Balaban J connectivity index is 2.03. The Hall–Kier alpha value is -1.37. The van der Waals surface area contributed by atoms with Crippen molar-refractivity contribution in [3.05, 3.63) is 50.4 Å². The van der Waals surface area contributed by atoms with Crippen LogP contribution in [0.2, 0.25) is 0 Å². The van der Waals surface area contributed by atoms with Crippen LogP contribution >= 0.6 is 22.6 Å². The first-order chi connectivity index (χ1) is 8.58. The van der Waals surface area contributed by atoms with E-state index in [0.717, 1.165) is 14.8 Å². The highest BCUT2D eigenvalue weighted by Gasteiger charge is 2.12. The van der Waals surface area contributed by atoms with E-state index in [1.165, 1.54) is 0 Å². The third kappa shape index (κ3) is 2.90. The summed E-state index contributed by atoms with van der Waals surface area (Å²) in [6.07, 6.45) is 0. The first-order valence-electron chi connectivity index (χ1n) is 5.42. The average molecular weight is 357 g/mol. The molecule has 94 valence electrons. The van der Waals surface area contributed by atoms with E-state index in [1.807, 2.05) is 19.1 Å². The maximum absolute atomic E-state index is 11.8. The average Bonchev–Trinajstić information content (AvgIpc) is 2.67. The van der Waals surface area contributed by atoms with Gasteiger partial charge in [0, 0.05) is 3.57 Å². The van der Waals surface area contributed by atoms with Crippen molar-refractivity contribution >= 4 is 28.6 Å². The fourth-order valence-corrected chi connectivity index (χ4v) is 1.87. The minimum Gasteiger partial charge on any atom is -0.457 e. The summed E-state index contributed by atoms with van der Waals surface area (Å²) in [5, 5.41) is 3.81. The van der Waals surface area contributed by atoms with Gasteiger partial charge < -0.3 is 9.26 Å².